The van der Waals surface area contributed by atoms with Crippen molar-refractivity contribution in [2.75, 3.05) is 32.1 Å². The Morgan fingerprint density at radius 2 is 2.19 bits per heavy atom. The number of benzene rings is 1. The van der Waals surface area contributed by atoms with Crippen molar-refractivity contribution >= 4 is 21.6 Å². The third-order valence-corrected chi connectivity index (χ3v) is 4.06. The molecule has 1 aromatic carbocycles. The third-order valence-electron chi connectivity index (χ3n) is 3.60. The lowest BCUT2D eigenvalue weighted by Gasteiger charge is -2.30. The van der Waals surface area contributed by atoms with E-state index in [1.165, 1.54) is 11.3 Å². The fourth-order valence-corrected chi connectivity index (χ4v) is 3.24. The molecule has 2 N–H and O–H groups in total. The van der Waals surface area contributed by atoms with Crippen molar-refractivity contribution in [3.8, 4) is 5.75 Å². The highest BCUT2D eigenvalue weighted by Crippen LogP contribution is 2.43. The summed E-state index contributed by atoms with van der Waals surface area (Å²) < 4.78 is 6.52. The summed E-state index contributed by atoms with van der Waals surface area (Å²) in [5.41, 5.74) is 2.56. The second-order valence-corrected chi connectivity index (χ2v) is 5.39. The van der Waals surface area contributed by atoms with Crippen LogP contribution in [0.1, 0.15) is 11.5 Å². The quantitative estimate of drug-likeness (QED) is 0.829. The van der Waals surface area contributed by atoms with Crippen molar-refractivity contribution in [1.82, 2.24) is 5.32 Å². The zero-order valence-electron chi connectivity index (χ0n) is 9.22. The second-order valence-electron chi connectivity index (χ2n) is 4.48. The molecule has 0 radical (unpaired) electrons. The van der Waals surface area contributed by atoms with E-state index in [2.05, 4.69) is 32.6 Å². The Bertz CT molecular complexity index is 422. The van der Waals surface area contributed by atoms with Gasteiger partial charge in [-0.3, -0.25) is 0 Å². The molecule has 0 aromatic heterocycles. The van der Waals surface area contributed by atoms with Crippen LogP contribution in [0, 0.1) is 5.92 Å². The summed E-state index contributed by atoms with van der Waals surface area (Å²) in [7, 11) is 1.72. The molecule has 3 rings (SSSR count). The van der Waals surface area contributed by atoms with Crippen LogP contribution < -0.4 is 15.4 Å². The van der Waals surface area contributed by atoms with Gasteiger partial charge in [0.05, 0.1) is 12.8 Å². The first kappa shape index (κ1) is 10.4. The highest BCUT2D eigenvalue weighted by atomic mass is 79.9. The number of rotatable bonds is 1. The van der Waals surface area contributed by atoms with Crippen LogP contribution in [0.3, 0.4) is 0 Å². The van der Waals surface area contributed by atoms with E-state index < -0.39 is 0 Å². The largest absolute Gasteiger partial charge is 0.495 e. The average Bonchev–Trinajstić information content (AvgIpc) is 2.76. The zero-order valence-corrected chi connectivity index (χ0v) is 10.8. The normalized spacial score (nSPS) is 26.9. The van der Waals surface area contributed by atoms with Crippen molar-refractivity contribution in [3.05, 3.63) is 22.2 Å². The van der Waals surface area contributed by atoms with E-state index in [4.69, 9.17) is 4.74 Å². The average molecular weight is 283 g/mol. The molecule has 2 aliphatic rings. The molecule has 1 saturated heterocycles. The molecule has 2 aliphatic heterocycles. The molecule has 0 saturated carbocycles. The molecule has 3 nitrogen and oxygen atoms in total. The molecule has 0 spiro atoms. The summed E-state index contributed by atoms with van der Waals surface area (Å²) in [6.07, 6.45) is 0. The Morgan fingerprint density at radius 3 is 3.00 bits per heavy atom. The van der Waals surface area contributed by atoms with E-state index in [1.807, 2.05) is 6.07 Å². The minimum Gasteiger partial charge on any atom is -0.495 e. The molecule has 1 fully saturated rings. The Morgan fingerprint density at radius 1 is 1.31 bits per heavy atom. The van der Waals surface area contributed by atoms with Crippen molar-refractivity contribution < 1.29 is 4.74 Å². The summed E-state index contributed by atoms with van der Waals surface area (Å²) in [5, 5.41) is 6.96. The van der Waals surface area contributed by atoms with Crippen LogP contribution in [0.4, 0.5) is 5.69 Å². The molecule has 4 heteroatoms. The zero-order chi connectivity index (χ0) is 11.1. The van der Waals surface area contributed by atoms with Gasteiger partial charge < -0.3 is 15.4 Å². The van der Waals surface area contributed by atoms with Gasteiger partial charge in [0.1, 0.15) is 5.75 Å². The van der Waals surface area contributed by atoms with Crippen molar-refractivity contribution in [1.29, 1.82) is 0 Å². The number of hydrogen-bond donors (Lipinski definition) is 2. The molecular formula is C12H15BrN2O. The first-order valence-electron chi connectivity index (χ1n) is 5.61. The van der Waals surface area contributed by atoms with Gasteiger partial charge in [0.15, 0.2) is 0 Å². The lowest BCUT2D eigenvalue weighted by Crippen LogP contribution is -2.27. The predicted octanol–water partition coefficient (Wildman–Crippen LogP) is 2.19. The standard InChI is InChI=1S/C12H15BrN2O/c1-16-11-3-8(13)2-9-10-6-14-4-7(10)5-15-12(9)11/h2-3,7,10,14-15H,4-6H2,1H3/t7-,10-/m0/s1. The number of anilines is 1. The molecule has 16 heavy (non-hydrogen) atoms. The van der Waals surface area contributed by atoms with E-state index in [1.54, 1.807) is 7.11 Å². The highest BCUT2D eigenvalue weighted by Gasteiger charge is 2.34. The summed E-state index contributed by atoms with van der Waals surface area (Å²) in [6.45, 7) is 3.24. The summed E-state index contributed by atoms with van der Waals surface area (Å²) in [4.78, 5) is 0. The fraction of sp³-hybridized carbons (Fsp3) is 0.500. The van der Waals surface area contributed by atoms with Crippen molar-refractivity contribution in [2.45, 2.75) is 5.92 Å². The molecule has 1 aromatic rings. The number of ether oxygens (including phenoxy) is 1. The van der Waals surface area contributed by atoms with Gasteiger partial charge in [-0.1, -0.05) is 15.9 Å². The van der Waals surface area contributed by atoms with E-state index >= 15 is 0 Å². The van der Waals surface area contributed by atoms with Crippen LogP contribution in [0.5, 0.6) is 5.75 Å². The molecule has 0 amide bonds. The monoisotopic (exact) mass is 282 g/mol. The Hall–Kier alpha value is -0.740. The number of nitrogens with one attached hydrogen (secondary N) is 2. The number of hydrogen-bond acceptors (Lipinski definition) is 3. The molecule has 86 valence electrons. The van der Waals surface area contributed by atoms with E-state index in [9.17, 15) is 0 Å². The van der Waals surface area contributed by atoms with Crippen LogP contribution in [-0.4, -0.2) is 26.7 Å². The minimum absolute atomic E-state index is 0.627. The van der Waals surface area contributed by atoms with Crippen LogP contribution in [-0.2, 0) is 0 Å². The molecule has 0 unspecified atom stereocenters. The van der Waals surface area contributed by atoms with E-state index in [0.717, 1.165) is 29.9 Å². The Labute approximate surface area is 104 Å². The minimum atomic E-state index is 0.627. The van der Waals surface area contributed by atoms with Gasteiger partial charge in [-0.2, -0.15) is 0 Å². The lowest BCUT2D eigenvalue weighted by molar-refractivity contribution is 0.412. The maximum atomic E-state index is 5.43. The van der Waals surface area contributed by atoms with E-state index in [-0.39, 0.29) is 0 Å². The Balaban J connectivity index is 2.11. The molecule has 0 bridgehead atoms. The maximum absolute atomic E-state index is 5.43. The highest BCUT2D eigenvalue weighted by molar-refractivity contribution is 9.10. The first-order valence-corrected chi connectivity index (χ1v) is 6.41. The first-order chi connectivity index (χ1) is 7.79. The van der Waals surface area contributed by atoms with Crippen LogP contribution >= 0.6 is 15.9 Å². The van der Waals surface area contributed by atoms with Gasteiger partial charge in [-0.25, -0.2) is 0 Å². The smallest absolute Gasteiger partial charge is 0.143 e. The maximum Gasteiger partial charge on any atom is 0.143 e. The number of methoxy groups -OCH3 is 1. The van der Waals surface area contributed by atoms with Crippen molar-refractivity contribution in [3.63, 3.8) is 0 Å². The number of halogens is 1. The van der Waals surface area contributed by atoms with Gasteiger partial charge in [-0.05, 0) is 23.6 Å². The number of fused-ring (bicyclic) bond motifs is 3. The van der Waals surface area contributed by atoms with Gasteiger partial charge in [0, 0.05) is 30.0 Å². The summed E-state index contributed by atoms with van der Waals surface area (Å²) >= 11 is 3.55. The summed E-state index contributed by atoms with van der Waals surface area (Å²) in [5.74, 6) is 2.28. The second kappa shape index (κ2) is 3.93. The van der Waals surface area contributed by atoms with Crippen molar-refractivity contribution in [2.24, 2.45) is 5.92 Å². The topological polar surface area (TPSA) is 33.3 Å². The van der Waals surface area contributed by atoms with Gasteiger partial charge in [0.25, 0.3) is 0 Å². The van der Waals surface area contributed by atoms with Crippen LogP contribution in [0.25, 0.3) is 0 Å². The lowest BCUT2D eigenvalue weighted by atomic mass is 9.84. The van der Waals surface area contributed by atoms with Gasteiger partial charge in [-0.15, -0.1) is 0 Å². The van der Waals surface area contributed by atoms with Crippen LogP contribution in [0.2, 0.25) is 0 Å². The van der Waals surface area contributed by atoms with E-state index in [0.29, 0.717) is 11.8 Å². The molecule has 2 heterocycles. The predicted molar refractivity (Wildman–Crippen MR) is 68.3 cm³/mol. The van der Waals surface area contributed by atoms with Gasteiger partial charge in [0.2, 0.25) is 0 Å². The van der Waals surface area contributed by atoms with Crippen LogP contribution in [0.15, 0.2) is 16.6 Å². The molecule has 2 atom stereocenters. The summed E-state index contributed by atoms with van der Waals surface area (Å²) in [6, 6.07) is 4.24. The SMILES string of the molecule is COc1cc(Br)cc2c1NC[C@@H]1CNC[C@H]21. The van der Waals surface area contributed by atoms with Gasteiger partial charge >= 0.3 is 0 Å². The Kier molecular flexibility index (Phi) is 2.56. The molecular weight excluding hydrogens is 268 g/mol. The third kappa shape index (κ3) is 1.52. The molecule has 0 aliphatic carbocycles. The fourth-order valence-electron chi connectivity index (χ4n) is 2.79.